The van der Waals surface area contributed by atoms with Crippen LogP contribution in [0.1, 0.15) is 60.4 Å². The summed E-state index contributed by atoms with van der Waals surface area (Å²) < 4.78 is 0. The van der Waals surface area contributed by atoms with E-state index in [-0.39, 0.29) is 24.2 Å². The van der Waals surface area contributed by atoms with E-state index in [0.29, 0.717) is 12.5 Å². The number of carboxylic acids is 1. The summed E-state index contributed by atoms with van der Waals surface area (Å²) in [4.78, 5) is 26.4. The van der Waals surface area contributed by atoms with Crippen molar-refractivity contribution in [2.24, 2.45) is 0 Å². The lowest BCUT2D eigenvalue weighted by Crippen LogP contribution is -2.45. The number of hydrogen-bond donors (Lipinski definition) is 1. The number of hydrogen-bond acceptors (Lipinski definition) is 3. The molecule has 1 N–H and O–H groups in total. The first-order chi connectivity index (χ1) is 13.5. The number of carbonyl (C=O) groups is 2. The van der Waals surface area contributed by atoms with Crippen molar-refractivity contribution in [3.05, 3.63) is 71.8 Å². The van der Waals surface area contributed by atoms with Crippen molar-refractivity contribution in [3.63, 3.8) is 0 Å². The number of likely N-dealkylation sites (tertiary alicyclic amines) is 1. The number of Topliss-reactive ketones (excluding diaryl/α,β-unsaturated/α-hetero) is 1. The van der Waals surface area contributed by atoms with Crippen LogP contribution in [-0.2, 0) is 4.79 Å². The number of ketones is 1. The van der Waals surface area contributed by atoms with Gasteiger partial charge in [-0.1, -0.05) is 67.1 Å². The maximum atomic E-state index is 12.6. The first-order valence-corrected chi connectivity index (χ1v) is 10.1. The molecule has 148 valence electrons. The highest BCUT2D eigenvalue weighted by Gasteiger charge is 2.31. The van der Waals surface area contributed by atoms with Crippen molar-refractivity contribution in [1.29, 1.82) is 0 Å². The van der Waals surface area contributed by atoms with Crippen molar-refractivity contribution in [2.75, 3.05) is 7.05 Å². The highest BCUT2D eigenvalue weighted by Crippen LogP contribution is 2.33. The molecule has 0 amide bonds. The molecular weight excluding hydrogens is 350 g/mol. The lowest BCUT2D eigenvalue weighted by molar-refractivity contribution is -0.137. The van der Waals surface area contributed by atoms with Crippen LogP contribution in [0, 0.1) is 0 Å². The third kappa shape index (κ3) is 5.29. The van der Waals surface area contributed by atoms with Crippen molar-refractivity contribution < 1.29 is 14.7 Å². The number of piperidine rings is 1. The summed E-state index contributed by atoms with van der Waals surface area (Å²) in [6.07, 6.45) is 4.61. The number of carboxylic acid groups (broad SMARTS) is 1. The van der Waals surface area contributed by atoms with E-state index < -0.39 is 5.97 Å². The maximum Gasteiger partial charge on any atom is 0.303 e. The van der Waals surface area contributed by atoms with Gasteiger partial charge >= 0.3 is 5.97 Å². The van der Waals surface area contributed by atoms with E-state index in [9.17, 15) is 14.7 Å². The summed E-state index contributed by atoms with van der Waals surface area (Å²) in [6.45, 7) is 0. The van der Waals surface area contributed by atoms with Crippen LogP contribution in [0.2, 0.25) is 0 Å². The number of benzene rings is 2. The standard InChI is InChI=1S/C24H29NO3/c1-25-21(15-20(16-24(27)28)18-9-4-2-5-10-18)13-8-14-22(25)17-23(26)19-11-6-3-7-12-19/h2-7,9-12,20-22H,8,13-17H2,1H3,(H,27,28)/t20-,21-,22+/m0/s1. The summed E-state index contributed by atoms with van der Waals surface area (Å²) in [7, 11) is 2.09. The number of aliphatic carboxylic acids is 1. The summed E-state index contributed by atoms with van der Waals surface area (Å²) in [5.74, 6) is -0.582. The zero-order chi connectivity index (χ0) is 19.9. The zero-order valence-electron chi connectivity index (χ0n) is 16.5. The van der Waals surface area contributed by atoms with Gasteiger partial charge in [0.2, 0.25) is 0 Å². The van der Waals surface area contributed by atoms with E-state index in [1.165, 1.54) is 0 Å². The Morgan fingerprint density at radius 3 is 2.25 bits per heavy atom. The molecule has 0 bridgehead atoms. The molecule has 1 aliphatic heterocycles. The molecule has 2 aromatic carbocycles. The Bertz CT molecular complexity index is 775. The quantitative estimate of drug-likeness (QED) is 0.672. The number of nitrogens with zero attached hydrogens (tertiary/aromatic N) is 1. The second kappa shape index (κ2) is 9.65. The van der Waals surface area contributed by atoms with Crippen molar-refractivity contribution in [1.82, 2.24) is 4.90 Å². The maximum absolute atomic E-state index is 12.6. The van der Waals surface area contributed by atoms with E-state index >= 15 is 0 Å². The average Bonchev–Trinajstić information content (AvgIpc) is 2.71. The van der Waals surface area contributed by atoms with E-state index in [1.54, 1.807) is 0 Å². The van der Waals surface area contributed by atoms with Crippen molar-refractivity contribution >= 4 is 11.8 Å². The van der Waals surface area contributed by atoms with Gasteiger partial charge in [0.15, 0.2) is 5.78 Å². The molecule has 0 radical (unpaired) electrons. The van der Waals surface area contributed by atoms with Gasteiger partial charge in [0.1, 0.15) is 0 Å². The molecule has 1 heterocycles. The lowest BCUT2D eigenvalue weighted by atomic mass is 9.83. The summed E-state index contributed by atoms with van der Waals surface area (Å²) in [5.41, 5.74) is 1.85. The van der Waals surface area contributed by atoms with E-state index in [2.05, 4.69) is 11.9 Å². The molecule has 1 saturated heterocycles. The average molecular weight is 380 g/mol. The Hall–Kier alpha value is -2.46. The molecule has 0 saturated carbocycles. The fraction of sp³-hybridized carbons (Fsp3) is 0.417. The van der Waals surface area contributed by atoms with Gasteiger partial charge in [-0.05, 0) is 37.8 Å². The second-order valence-electron chi connectivity index (χ2n) is 7.84. The predicted molar refractivity (Wildman–Crippen MR) is 111 cm³/mol. The van der Waals surface area contributed by atoms with Gasteiger partial charge in [0, 0.05) is 24.1 Å². The van der Waals surface area contributed by atoms with Gasteiger partial charge in [-0.25, -0.2) is 0 Å². The predicted octanol–water partition coefficient (Wildman–Crippen LogP) is 4.76. The van der Waals surface area contributed by atoms with Crippen LogP contribution in [0.4, 0.5) is 0 Å². The fourth-order valence-electron chi connectivity index (χ4n) is 4.38. The molecule has 2 aromatic rings. The largest absolute Gasteiger partial charge is 0.481 e. The van der Waals surface area contributed by atoms with E-state index in [4.69, 9.17) is 0 Å². The van der Waals surface area contributed by atoms with E-state index in [1.807, 2.05) is 60.7 Å². The van der Waals surface area contributed by atoms with Crippen LogP contribution >= 0.6 is 0 Å². The monoisotopic (exact) mass is 379 g/mol. The molecule has 0 unspecified atom stereocenters. The molecule has 4 nitrogen and oxygen atoms in total. The topological polar surface area (TPSA) is 57.6 Å². The molecule has 3 atom stereocenters. The Labute approximate surface area is 167 Å². The first kappa shape index (κ1) is 20.3. The Balaban J connectivity index is 1.67. The van der Waals surface area contributed by atoms with Gasteiger partial charge in [0.25, 0.3) is 0 Å². The van der Waals surface area contributed by atoms with Crippen LogP contribution in [0.3, 0.4) is 0 Å². The molecule has 1 aliphatic rings. The Kier molecular flexibility index (Phi) is 6.99. The highest BCUT2D eigenvalue weighted by molar-refractivity contribution is 5.96. The van der Waals surface area contributed by atoms with Crippen LogP contribution in [0.15, 0.2) is 60.7 Å². The van der Waals surface area contributed by atoms with Gasteiger partial charge in [0.05, 0.1) is 6.42 Å². The van der Waals surface area contributed by atoms with Crippen LogP contribution in [0.5, 0.6) is 0 Å². The minimum Gasteiger partial charge on any atom is -0.481 e. The first-order valence-electron chi connectivity index (χ1n) is 10.1. The van der Waals surface area contributed by atoms with Gasteiger partial charge in [-0.3, -0.25) is 14.5 Å². The van der Waals surface area contributed by atoms with E-state index in [0.717, 1.165) is 36.8 Å². The fourth-order valence-corrected chi connectivity index (χ4v) is 4.38. The molecule has 1 fully saturated rings. The van der Waals surface area contributed by atoms with Gasteiger partial charge in [-0.2, -0.15) is 0 Å². The minimum absolute atomic E-state index is 0.00488. The van der Waals surface area contributed by atoms with Gasteiger partial charge < -0.3 is 5.11 Å². The number of carbonyl (C=O) groups excluding carboxylic acids is 1. The summed E-state index contributed by atoms with van der Waals surface area (Å²) in [5, 5.41) is 9.38. The SMILES string of the molecule is CN1[C@@H](CC(=O)c2ccccc2)CCC[C@H]1C[C@@H](CC(=O)O)c1ccccc1. The van der Waals surface area contributed by atoms with Crippen LogP contribution < -0.4 is 0 Å². The molecule has 0 spiro atoms. The smallest absolute Gasteiger partial charge is 0.303 e. The molecular formula is C24H29NO3. The molecule has 4 heteroatoms. The normalized spacial score (nSPS) is 21.2. The van der Waals surface area contributed by atoms with Crippen molar-refractivity contribution in [3.8, 4) is 0 Å². The third-order valence-electron chi connectivity index (χ3n) is 5.99. The second-order valence-corrected chi connectivity index (χ2v) is 7.84. The van der Waals surface area contributed by atoms with Crippen LogP contribution in [0.25, 0.3) is 0 Å². The number of rotatable bonds is 8. The molecule has 0 aliphatic carbocycles. The lowest BCUT2D eigenvalue weighted by Gasteiger charge is -2.41. The molecule has 0 aromatic heterocycles. The van der Waals surface area contributed by atoms with Gasteiger partial charge in [-0.15, -0.1) is 0 Å². The third-order valence-corrected chi connectivity index (χ3v) is 5.99. The van der Waals surface area contributed by atoms with Crippen molar-refractivity contribution in [2.45, 2.75) is 56.5 Å². The van der Waals surface area contributed by atoms with Crippen LogP contribution in [-0.4, -0.2) is 40.9 Å². The Morgan fingerprint density at radius 1 is 1.00 bits per heavy atom. The molecule has 3 rings (SSSR count). The molecule has 28 heavy (non-hydrogen) atoms. The zero-order valence-corrected chi connectivity index (χ0v) is 16.5. The summed E-state index contributed by atoms with van der Waals surface area (Å²) in [6, 6.07) is 19.9. The summed E-state index contributed by atoms with van der Waals surface area (Å²) >= 11 is 0. The Morgan fingerprint density at radius 2 is 1.61 bits per heavy atom. The highest BCUT2D eigenvalue weighted by atomic mass is 16.4. The minimum atomic E-state index is -0.761.